The van der Waals surface area contributed by atoms with Gasteiger partial charge >= 0.3 is 0 Å². The monoisotopic (exact) mass is 517 g/mol. The number of rotatable bonds is 5. The highest BCUT2D eigenvalue weighted by molar-refractivity contribution is 7.96. The summed E-state index contributed by atoms with van der Waals surface area (Å²) >= 11 is 0. The van der Waals surface area contributed by atoms with Gasteiger partial charge in [0, 0.05) is 5.56 Å². The number of benzene rings is 3. The summed E-state index contributed by atoms with van der Waals surface area (Å²) < 4.78 is 46.4. The zero-order chi connectivity index (χ0) is 26.3. The van der Waals surface area contributed by atoms with Crippen molar-refractivity contribution >= 4 is 21.5 Å². The molecule has 0 radical (unpaired) electrons. The number of aromatic hydroxyl groups is 1. The number of phenolic OH excluding ortho intramolecular Hbond substituents is 1. The van der Waals surface area contributed by atoms with Gasteiger partial charge in [-0.1, -0.05) is 42.5 Å². The van der Waals surface area contributed by atoms with E-state index in [1.165, 1.54) is 30.7 Å². The van der Waals surface area contributed by atoms with E-state index < -0.39 is 15.9 Å². The Morgan fingerprint density at radius 3 is 2.30 bits per heavy atom. The molecule has 0 aliphatic carbocycles. The van der Waals surface area contributed by atoms with E-state index in [0.717, 1.165) is 5.56 Å². The van der Waals surface area contributed by atoms with Crippen LogP contribution in [0.25, 0.3) is 5.76 Å². The molecule has 37 heavy (non-hydrogen) atoms. The third kappa shape index (κ3) is 3.80. The van der Waals surface area contributed by atoms with E-state index >= 15 is 0 Å². The fraction of sp³-hybridized carbons (Fsp3) is 0.148. The van der Waals surface area contributed by atoms with Gasteiger partial charge in [-0.25, -0.2) is 8.42 Å². The number of hydrogen-bond acceptors (Lipinski definition) is 8. The maximum atomic E-state index is 14.3. The first-order valence-electron chi connectivity index (χ1n) is 11.2. The van der Waals surface area contributed by atoms with E-state index in [1.54, 1.807) is 24.3 Å². The number of nitrogens with zero attached hydrogens (tertiary/aromatic N) is 2. The molecule has 2 aliphatic rings. The normalized spacial score (nSPS) is 17.9. The number of fused-ring (bicyclic) bond motifs is 2. The maximum Gasteiger partial charge on any atom is 0.265 e. The molecule has 3 aromatic rings. The average Bonchev–Trinajstić information content (AvgIpc) is 2.91. The first-order chi connectivity index (χ1) is 17.8. The zero-order valence-electron chi connectivity index (χ0n) is 20.0. The Morgan fingerprint density at radius 2 is 1.68 bits per heavy atom. The van der Waals surface area contributed by atoms with Gasteiger partial charge < -0.3 is 25.1 Å². The van der Waals surface area contributed by atoms with Crippen molar-refractivity contribution in [3.05, 3.63) is 99.8 Å². The first kappa shape index (κ1) is 24.1. The number of sulfonamides is 1. The van der Waals surface area contributed by atoms with Gasteiger partial charge in [0.2, 0.25) is 11.6 Å². The van der Waals surface area contributed by atoms with Gasteiger partial charge in [-0.15, -0.1) is 0 Å². The lowest BCUT2D eigenvalue weighted by Gasteiger charge is -2.38. The van der Waals surface area contributed by atoms with Gasteiger partial charge in [0.05, 0.1) is 32.4 Å². The molecular weight excluding hydrogens is 494 g/mol. The number of methoxy groups -OCH3 is 2. The molecule has 3 aromatic carbocycles. The van der Waals surface area contributed by atoms with Crippen LogP contribution in [0.15, 0.2) is 83.1 Å². The molecule has 0 spiro atoms. The Morgan fingerprint density at radius 1 is 1.05 bits per heavy atom. The van der Waals surface area contributed by atoms with E-state index in [1.807, 2.05) is 36.4 Å². The molecule has 1 unspecified atom stereocenters. The molecular formula is C27H23N3O6S. The lowest BCUT2D eigenvalue weighted by molar-refractivity contribution is 0.338. The fourth-order valence-electron chi connectivity index (χ4n) is 4.64. The summed E-state index contributed by atoms with van der Waals surface area (Å²) in [5, 5.41) is 20.5. The van der Waals surface area contributed by atoms with Crippen LogP contribution in [0.5, 0.6) is 17.2 Å². The van der Waals surface area contributed by atoms with Crippen molar-refractivity contribution < 1.29 is 27.7 Å². The lowest BCUT2D eigenvalue weighted by Crippen LogP contribution is -2.39. The van der Waals surface area contributed by atoms with E-state index in [-0.39, 0.29) is 45.9 Å². The number of para-hydroxylation sites is 1. The van der Waals surface area contributed by atoms with Crippen molar-refractivity contribution in [3.63, 3.8) is 0 Å². The molecule has 0 bridgehead atoms. The molecule has 3 N–H and O–H groups in total. The van der Waals surface area contributed by atoms with Crippen molar-refractivity contribution in [1.29, 1.82) is 5.26 Å². The average molecular weight is 518 g/mol. The van der Waals surface area contributed by atoms with E-state index in [4.69, 9.17) is 19.9 Å². The topological polar surface area (TPSA) is 135 Å². The summed E-state index contributed by atoms with van der Waals surface area (Å²) in [6, 6.07) is 21.1. The molecule has 0 saturated carbocycles. The van der Waals surface area contributed by atoms with Gasteiger partial charge in [-0.3, -0.25) is 4.31 Å². The number of nitriles is 1. The van der Waals surface area contributed by atoms with Crippen LogP contribution >= 0.6 is 0 Å². The van der Waals surface area contributed by atoms with Gasteiger partial charge in [-0.05, 0) is 35.4 Å². The summed E-state index contributed by atoms with van der Waals surface area (Å²) in [6.07, 6.45) is 0. The summed E-state index contributed by atoms with van der Waals surface area (Å²) in [5.41, 5.74) is 8.14. The van der Waals surface area contributed by atoms with Gasteiger partial charge in [0.25, 0.3) is 10.0 Å². The molecule has 0 fully saturated rings. The minimum atomic E-state index is -4.25. The quantitative estimate of drug-likeness (QED) is 0.520. The summed E-state index contributed by atoms with van der Waals surface area (Å²) in [6.45, 7) is 0.0625. The van der Waals surface area contributed by atoms with Crippen molar-refractivity contribution in [2.24, 2.45) is 5.73 Å². The number of ether oxygens (including phenoxy) is 3. The Kier molecular flexibility index (Phi) is 5.93. The van der Waals surface area contributed by atoms with Crippen molar-refractivity contribution in [2.75, 3.05) is 18.5 Å². The highest BCUT2D eigenvalue weighted by atomic mass is 32.2. The van der Waals surface area contributed by atoms with E-state index in [2.05, 4.69) is 0 Å². The Bertz CT molecular complexity index is 1580. The second kappa shape index (κ2) is 9.11. The van der Waals surface area contributed by atoms with Crippen molar-refractivity contribution in [1.82, 2.24) is 0 Å². The third-order valence-electron chi connectivity index (χ3n) is 6.36. The minimum absolute atomic E-state index is 0.0485. The number of anilines is 1. The molecule has 0 saturated heterocycles. The smallest absolute Gasteiger partial charge is 0.265 e. The highest BCUT2D eigenvalue weighted by Gasteiger charge is 2.47. The highest BCUT2D eigenvalue weighted by Crippen LogP contribution is 2.52. The molecule has 9 nitrogen and oxygen atoms in total. The largest absolute Gasteiger partial charge is 0.502 e. The lowest BCUT2D eigenvalue weighted by atomic mass is 9.87. The standard InChI is InChI=1S/C27H23N3O6S/c1-34-21-12-17(13-22(35-2)24(21)31)23-19(14-28)27(29)36-25-18-10-6-7-11-20(18)30(37(32,33)26(23)25)15-16-8-4-3-5-9-16/h3-13,23,31H,15,29H2,1-2H3. The van der Waals surface area contributed by atoms with Crippen LogP contribution in [0.4, 0.5) is 5.69 Å². The molecule has 5 rings (SSSR count). The minimum Gasteiger partial charge on any atom is -0.502 e. The van der Waals surface area contributed by atoms with E-state index in [0.29, 0.717) is 16.8 Å². The third-order valence-corrected chi connectivity index (χ3v) is 8.25. The predicted octanol–water partition coefficient (Wildman–Crippen LogP) is 3.94. The van der Waals surface area contributed by atoms with Crippen LogP contribution < -0.4 is 19.5 Å². The second-order valence-electron chi connectivity index (χ2n) is 8.41. The first-order valence-corrected chi connectivity index (χ1v) is 12.7. The summed E-state index contributed by atoms with van der Waals surface area (Å²) in [5.74, 6) is -1.46. The second-order valence-corrected chi connectivity index (χ2v) is 10.2. The Hall–Kier alpha value is -4.62. The SMILES string of the molecule is COc1cc(C2C(C#N)=C(N)OC3=C2S(=O)(=O)N(Cc2ccccc2)c2ccccc23)cc(OC)c1O. The zero-order valence-corrected chi connectivity index (χ0v) is 20.8. The molecule has 2 aliphatic heterocycles. The Labute approximate surface area is 214 Å². The number of nitrogens with two attached hydrogens (primary N) is 1. The number of allylic oxidation sites excluding steroid dienone is 2. The van der Waals surface area contributed by atoms with Crippen LogP contribution in [-0.4, -0.2) is 27.7 Å². The summed E-state index contributed by atoms with van der Waals surface area (Å²) in [4.78, 5) is -0.136. The molecule has 1 atom stereocenters. The van der Waals surface area contributed by atoms with Crippen LogP contribution in [0.1, 0.15) is 22.6 Å². The molecule has 0 amide bonds. The van der Waals surface area contributed by atoms with E-state index in [9.17, 15) is 18.8 Å². The van der Waals surface area contributed by atoms with Gasteiger partial charge in [0.15, 0.2) is 17.3 Å². The Balaban J connectivity index is 1.80. The number of hydrogen-bond donors (Lipinski definition) is 2. The molecule has 188 valence electrons. The van der Waals surface area contributed by atoms with Crippen LogP contribution in [0, 0.1) is 11.3 Å². The maximum absolute atomic E-state index is 14.3. The van der Waals surface area contributed by atoms with Crippen LogP contribution in [-0.2, 0) is 21.3 Å². The molecule has 2 heterocycles. The van der Waals surface area contributed by atoms with Crippen LogP contribution in [0.3, 0.4) is 0 Å². The van der Waals surface area contributed by atoms with Gasteiger partial charge in [-0.2, -0.15) is 5.26 Å². The summed E-state index contributed by atoms with van der Waals surface area (Å²) in [7, 11) is -1.53. The number of phenols is 1. The van der Waals surface area contributed by atoms with Crippen molar-refractivity contribution in [2.45, 2.75) is 12.5 Å². The fourth-order valence-corrected chi connectivity index (χ4v) is 6.55. The molecule has 10 heteroatoms. The predicted molar refractivity (Wildman–Crippen MR) is 137 cm³/mol. The molecule has 0 aromatic heterocycles. The van der Waals surface area contributed by atoms with Gasteiger partial charge in [0.1, 0.15) is 16.5 Å². The van der Waals surface area contributed by atoms with Crippen LogP contribution in [0.2, 0.25) is 0 Å². The van der Waals surface area contributed by atoms with Crippen molar-refractivity contribution in [3.8, 4) is 23.3 Å².